The van der Waals surface area contributed by atoms with E-state index < -0.39 is 24.5 Å². The zero-order valence-electron chi connectivity index (χ0n) is 18.3. The highest BCUT2D eigenvalue weighted by Crippen LogP contribution is 2.30. The average Bonchev–Trinajstić information content (AvgIpc) is 2.88. The lowest BCUT2D eigenvalue weighted by atomic mass is 10.0. The van der Waals surface area contributed by atoms with E-state index in [1.807, 2.05) is 91.0 Å². The Hall–Kier alpha value is -3.19. The molecule has 1 unspecified atom stereocenters. The van der Waals surface area contributed by atoms with E-state index in [0.29, 0.717) is 13.2 Å². The van der Waals surface area contributed by atoms with Crippen LogP contribution in [-0.4, -0.2) is 31.5 Å². The summed E-state index contributed by atoms with van der Waals surface area (Å²) in [4.78, 5) is 3.00. The Bertz CT molecular complexity index is 1010. The van der Waals surface area contributed by atoms with Crippen molar-refractivity contribution in [3.8, 4) is 0 Å². The van der Waals surface area contributed by atoms with Gasteiger partial charge in [0.2, 0.25) is 0 Å². The summed E-state index contributed by atoms with van der Waals surface area (Å²) in [6.07, 6.45) is -1.56. The number of azide groups is 1. The van der Waals surface area contributed by atoms with Gasteiger partial charge in [-0.1, -0.05) is 96.1 Å². The van der Waals surface area contributed by atoms with Gasteiger partial charge in [-0.25, -0.2) is 0 Å². The van der Waals surface area contributed by atoms with E-state index in [1.54, 1.807) is 0 Å². The third-order valence-corrected chi connectivity index (χ3v) is 5.42. The molecule has 7 heteroatoms. The first-order chi connectivity index (χ1) is 16.3. The number of rotatable bonds is 10. The molecule has 0 N–H and O–H groups in total. The second-order valence-electron chi connectivity index (χ2n) is 7.78. The number of hydrogen-bond acceptors (Lipinski definition) is 5. The van der Waals surface area contributed by atoms with Crippen molar-refractivity contribution in [2.75, 3.05) is 13.2 Å². The highest BCUT2D eigenvalue weighted by molar-refractivity contribution is 5.17. The fraction of sp³-hybridized carbons (Fsp3) is 0.308. The summed E-state index contributed by atoms with van der Waals surface area (Å²) in [6, 6.07) is 29.0. The van der Waals surface area contributed by atoms with Crippen LogP contribution in [0.25, 0.3) is 10.4 Å². The van der Waals surface area contributed by atoms with Gasteiger partial charge in [-0.2, -0.15) is 0 Å². The van der Waals surface area contributed by atoms with Crippen molar-refractivity contribution in [1.29, 1.82) is 0 Å². The first-order valence-electron chi connectivity index (χ1n) is 11.0. The molecule has 170 valence electrons. The van der Waals surface area contributed by atoms with Crippen LogP contribution in [0.2, 0.25) is 0 Å². The minimum atomic E-state index is -0.571. The summed E-state index contributed by atoms with van der Waals surface area (Å²) in [5.41, 5.74) is 12.1. The Labute approximate surface area is 193 Å². The summed E-state index contributed by atoms with van der Waals surface area (Å²) >= 11 is 0. The molecule has 7 nitrogen and oxygen atoms in total. The molecule has 0 aliphatic carbocycles. The number of benzene rings is 3. The van der Waals surface area contributed by atoms with Crippen molar-refractivity contribution in [1.82, 2.24) is 0 Å². The van der Waals surface area contributed by atoms with E-state index in [2.05, 4.69) is 10.0 Å². The standard InChI is InChI=1S/C26H27N3O4/c27-29-28-23-18-32-26(22-14-8-3-9-15-22)33-25(23)24(31-17-21-12-6-2-7-13-21)19-30-16-20-10-4-1-5-11-20/h1-15,23-26H,16-19H2/t23-,24+,25+,26?/m0/s1. The predicted octanol–water partition coefficient (Wildman–Crippen LogP) is 5.58. The Balaban J connectivity index is 1.50. The normalized spacial score (nSPS) is 21.2. The summed E-state index contributed by atoms with van der Waals surface area (Å²) in [7, 11) is 0. The minimum absolute atomic E-state index is 0.234. The maximum atomic E-state index is 9.11. The molecule has 1 saturated heterocycles. The zero-order chi connectivity index (χ0) is 22.7. The molecule has 0 bridgehead atoms. The van der Waals surface area contributed by atoms with Crippen LogP contribution < -0.4 is 0 Å². The smallest absolute Gasteiger partial charge is 0.184 e. The number of nitrogens with zero attached hydrogens (tertiary/aromatic N) is 3. The summed E-state index contributed by atoms with van der Waals surface area (Å²) in [5.74, 6) is 0. The second kappa shape index (κ2) is 12.2. The van der Waals surface area contributed by atoms with E-state index in [1.165, 1.54) is 0 Å². The maximum absolute atomic E-state index is 9.11. The lowest BCUT2D eigenvalue weighted by Crippen LogP contribution is -2.49. The van der Waals surface area contributed by atoms with E-state index in [-0.39, 0.29) is 13.2 Å². The zero-order valence-corrected chi connectivity index (χ0v) is 18.3. The van der Waals surface area contributed by atoms with Gasteiger partial charge in [0.1, 0.15) is 12.2 Å². The van der Waals surface area contributed by atoms with Gasteiger partial charge >= 0.3 is 0 Å². The number of ether oxygens (including phenoxy) is 4. The van der Waals surface area contributed by atoms with Gasteiger partial charge in [0.05, 0.1) is 32.5 Å². The predicted molar refractivity (Wildman–Crippen MR) is 124 cm³/mol. The molecule has 0 amide bonds. The van der Waals surface area contributed by atoms with Crippen LogP contribution >= 0.6 is 0 Å². The molecule has 4 atom stereocenters. The summed E-state index contributed by atoms with van der Waals surface area (Å²) in [6.45, 7) is 1.35. The van der Waals surface area contributed by atoms with Crippen molar-refractivity contribution in [3.63, 3.8) is 0 Å². The fourth-order valence-corrected chi connectivity index (χ4v) is 3.72. The molecule has 3 aromatic carbocycles. The second-order valence-corrected chi connectivity index (χ2v) is 7.78. The molecule has 1 aliphatic rings. The summed E-state index contributed by atoms with van der Waals surface area (Å²) < 4.78 is 24.4. The third-order valence-electron chi connectivity index (χ3n) is 5.42. The topological polar surface area (TPSA) is 85.7 Å². The lowest BCUT2D eigenvalue weighted by Gasteiger charge is -2.38. The molecule has 3 aromatic rings. The Morgan fingerprint density at radius 2 is 1.48 bits per heavy atom. The van der Waals surface area contributed by atoms with Crippen LogP contribution in [0.3, 0.4) is 0 Å². The molecule has 0 saturated carbocycles. The molecule has 0 spiro atoms. The molecule has 4 rings (SSSR count). The molecular formula is C26H27N3O4. The maximum Gasteiger partial charge on any atom is 0.184 e. The minimum Gasteiger partial charge on any atom is -0.374 e. The van der Waals surface area contributed by atoms with Crippen LogP contribution in [0.1, 0.15) is 23.0 Å². The van der Waals surface area contributed by atoms with Gasteiger partial charge in [-0.3, -0.25) is 0 Å². The summed E-state index contributed by atoms with van der Waals surface area (Å²) in [5, 5.41) is 3.93. The van der Waals surface area contributed by atoms with Crippen LogP contribution in [0, 0.1) is 0 Å². The monoisotopic (exact) mass is 445 g/mol. The lowest BCUT2D eigenvalue weighted by molar-refractivity contribution is -0.256. The average molecular weight is 446 g/mol. The SMILES string of the molecule is [N-]=[N+]=N[C@H]1COC(c2ccccc2)O[C@H]1[C@@H](COCc1ccccc1)OCc1ccccc1. The van der Waals surface area contributed by atoms with E-state index >= 15 is 0 Å². The largest absolute Gasteiger partial charge is 0.374 e. The molecule has 1 heterocycles. The van der Waals surface area contributed by atoms with Gasteiger partial charge in [-0.05, 0) is 16.7 Å². The van der Waals surface area contributed by atoms with Crippen molar-refractivity contribution in [3.05, 3.63) is 118 Å². The molecule has 0 radical (unpaired) electrons. The Kier molecular flexibility index (Phi) is 8.47. The highest BCUT2D eigenvalue weighted by Gasteiger charge is 2.38. The van der Waals surface area contributed by atoms with Crippen molar-refractivity contribution in [2.24, 2.45) is 5.11 Å². The highest BCUT2D eigenvalue weighted by atomic mass is 16.7. The van der Waals surface area contributed by atoms with Crippen molar-refractivity contribution < 1.29 is 18.9 Å². The van der Waals surface area contributed by atoms with Gasteiger partial charge in [0.25, 0.3) is 0 Å². The molecule has 1 fully saturated rings. The van der Waals surface area contributed by atoms with Gasteiger partial charge in [0.15, 0.2) is 6.29 Å². The molecule has 33 heavy (non-hydrogen) atoms. The Morgan fingerprint density at radius 1 is 0.879 bits per heavy atom. The first-order valence-corrected chi connectivity index (χ1v) is 11.0. The quantitative estimate of drug-likeness (QED) is 0.232. The molecule has 1 aliphatic heterocycles. The van der Waals surface area contributed by atoms with Crippen molar-refractivity contribution >= 4 is 0 Å². The molecule has 0 aromatic heterocycles. The number of hydrogen-bond donors (Lipinski definition) is 0. The Morgan fingerprint density at radius 3 is 2.12 bits per heavy atom. The van der Waals surface area contributed by atoms with Crippen LogP contribution in [-0.2, 0) is 32.2 Å². The van der Waals surface area contributed by atoms with Gasteiger partial charge in [0, 0.05) is 10.5 Å². The molecular weight excluding hydrogens is 418 g/mol. The van der Waals surface area contributed by atoms with Gasteiger partial charge in [-0.15, -0.1) is 0 Å². The van der Waals surface area contributed by atoms with E-state index in [0.717, 1.165) is 16.7 Å². The third kappa shape index (κ3) is 6.65. The van der Waals surface area contributed by atoms with Crippen LogP contribution in [0.4, 0.5) is 0 Å². The fourth-order valence-electron chi connectivity index (χ4n) is 3.72. The van der Waals surface area contributed by atoms with Crippen LogP contribution in [0.5, 0.6) is 0 Å². The van der Waals surface area contributed by atoms with Crippen molar-refractivity contribution in [2.45, 2.75) is 37.8 Å². The van der Waals surface area contributed by atoms with E-state index in [9.17, 15) is 0 Å². The van der Waals surface area contributed by atoms with E-state index in [4.69, 9.17) is 24.5 Å². The van der Waals surface area contributed by atoms with Gasteiger partial charge < -0.3 is 18.9 Å². The van der Waals surface area contributed by atoms with Crippen LogP contribution in [0.15, 0.2) is 96.1 Å². The first kappa shape index (κ1) is 23.0.